The number of aromatic nitrogens is 2. The van der Waals surface area contributed by atoms with Crippen molar-refractivity contribution in [3.05, 3.63) is 60.2 Å². The Bertz CT molecular complexity index is 1340. The Labute approximate surface area is 242 Å². The molecule has 43 heavy (non-hydrogen) atoms. The zero-order valence-corrected chi connectivity index (χ0v) is 23.7. The van der Waals surface area contributed by atoms with Gasteiger partial charge in [0.25, 0.3) is 39.9 Å². The summed E-state index contributed by atoms with van der Waals surface area (Å²) in [5.74, 6) is -1.57. The summed E-state index contributed by atoms with van der Waals surface area (Å²) < 4.78 is 50.7. The molecule has 2 saturated heterocycles. The second-order valence-corrected chi connectivity index (χ2v) is 12.4. The van der Waals surface area contributed by atoms with E-state index in [1.165, 1.54) is 58.2 Å². The largest absolute Gasteiger partial charge is 0.756 e. The van der Waals surface area contributed by atoms with Crippen LogP contribution >= 0.6 is 15.6 Å². The van der Waals surface area contributed by atoms with Gasteiger partial charge in [0, 0.05) is 12.1 Å². The molecule has 236 valence electrons. The monoisotopic (exact) mass is 650 g/mol. The molecule has 0 radical (unpaired) electrons. The molecule has 2 unspecified atom stereocenters. The molecule has 2 aromatic heterocycles. The van der Waals surface area contributed by atoms with Crippen LogP contribution in [0.4, 0.5) is 0 Å². The maximum Gasteiger partial charge on any atom is 0.292 e. The fourth-order valence-electron chi connectivity index (χ4n) is 4.32. The summed E-state index contributed by atoms with van der Waals surface area (Å²) >= 11 is 0. The molecule has 0 bridgehead atoms. The summed E-state index contributed by atoms with van der Waals surface area (Å²) in [6.07, 6.45) is -7.00. The second-order valence-electron chi connectivity index (χ2n) is 9.47. The van der Waals surface area contributed by atoms with Crippen molar-refractivity contribution >= 4 is 27.5 Å². The minimum Gasteiger partial charge on any atom is -0.756 e. The number of nitrogens with two attached hydrogens (primary N) is 2. The number of amides is 2. The third-order valence-electron chi connectivity index (χ3n) is 6.47. The lowest BCUT2D eigenvalue weighted by Gasteiger charge is -2.31. The molecule has 8 N–H and O–H groups in total. The summed E-state index contributed by atoms with van der Waals surface area (Å²) in [7, 11) is -11.4. The number of primary amides is 2. The first-order chi connectivity index (χ1) is 20.1. The first-order valence-electron chi connectivity index (χ1n) is 12.4. The summed E-state index contributed by atoms with van der Waals surface area (Å²) in [6, 6.07) is 5.59. The average Bonchev–Trinajstić information content (AvgIpc) is 3.40. The van der Waals surface area contributed by atoms with Crippen molar-refractivity contribution in [1.29, 1.82) is 0 Å². The minimum atomic E-state index is -5.68. The molecule has 4 heterocycles. The number of hydrogen-bond donors (Lipinski definition) is 6. The van der Waals surface area contributed by atoms with Crippen LogP contribution in [-0.2, 0) is 32.0 Å². The van der Waals surface area contributed by atoms with Crippen LogP contribution in [0.15, 0.2) is 49.1 Å². The van der Waals surface area contributed by atoms with Crippen LogP contribution in [0.3, 0.4) is 0 Å². The maximum absolute atomic E-state index is 12.2. The lowest BCUT2D eigenvalue weighted by Crippen LogP contribution is -2.46. The lowest BCUT2D eigenvalue weighted by molar-refractivity contribution is -0.766. The highest BCUT2D eigenvalue weighted by Gasteiger charge is 2.50. The molecule has 2 aliphatic heterocycles. The number of rotatable bonds is 12. The highest BCUT2D eigenvalue weighted by Crippen LogP contribution is 2.56. The highest BCUT2D eigenvalue weighted by molar-refractivity contribution is 7.59. The number of aliphatic hydroxyl groups excluding tert-OH is 4. The number of nitrogens with zero attached hydrogens (tertiary/aromatic N) is 2. The first kappa shape index (κ1) is 33.2. The van der Waals surface area contributed by atoms with Crippen LogP contribution in [0.1, 0.15) is 33.2 Å². The minimum absolute atomic E-state index is 0.0488. The standard InChI is InChI=1S/C22H28N4O15P2/c23-19(31)11-3-1-5-25(7-11)21-17(29)15(27)13(39-21)9-37-42(33,34)41-43(35,36)38-10-14-16(28)18(30)22(40-14)26-6-2-4-12(8-26)20(24)32/h1-8,13-18,21-22,27-30H,9-10H2,(H4-2,23,24,31,32,33,34,35,36)/t13-,14-,15-,16-,17-,18-,21+,22+/m1/s1. The normalized spacial score (nSPS) is 31.8. The molecule has 0 saturated carbocycles. The SMILES string of the molecule is NC(=O)c1ccc[n+]([C@H]2O[C@H](COP(=O)([O-])OP(=O)([O-])OC[C@H]3O[C@H]([n+]4cccc(C(N)=O)c4)[C@H](O)[C@@H]3O)[C@@H](O)[C@H]2O)c1. The summed E-state index contributed by atoms with van der Waals surface area (Å²) in [6.45, 7) is -1.99. The van der Waals surface area contributed by atoms with Crippen molar-refractivity contribution in [3.8, 4) is 0 Å². The highest BCUT2D eigenvalue weighted by atomic mass is 31.3. The number of carbonyl (C=O) groups excluding carboxylic acids is 2. The Morgan fingerprint density at radius 2 is 1.14 bits per heavy atom. The number of phosphoric ester groups is 2. The zero-order chi connectivity index (χ0) is 31.7. The van der Waals surface area contributed by atoms with Crippen LogP contribution in [0, 0.1) is 0 Å². The van der Waals surface area contributed by atoms with Crippen molar-refractivity contribution in [1.82, 2.24) is 0 Å². The Hall–Kier alpha value is -2.74. The van der Waals surface area contributed by atoms with E-state index in [0.717, 1.165) is 0 Å². The summed E-state index contributed by atoms with van der Waals surface area (Å²) in [5, 5.41) is 41.2. The molecule has 10 atom stereocenters. The fourth-order valence-corrected chi connectivity index (χ4v) is 6.33. The maximum atomic E-state index is 12.2. The van der Waals surface area contributed by atoms with E-state index in [9.17, 15) is 48.9 Å². The van der Waals surface area contributed by atoms with E-state index < -0.39 is 89.8 Å². The van der Waals surface area contributed by atoms with Crippen LogP contribution in [0.2, 0.25) is 0 Å². The van der Waals surface area contributed by atoms with E-state index in [1.54, 1.807) is 0 Å². The fraction of sp³-hybridized carbons (Fsp3) is 0.455. The number of aliphatic hydroxyl groups is 4. The quantitative estimate of drug-likeness (QED) is 0.0930. The number of carbonyl (C=O) groups is 2. The molecule has 2 aliphatic rings. The molecular weight excluding hydrogens is 622 g/mol. The van der Waals surface area contributed by atoms with Gasteiger partial charge in [-0.05, 0) is 12.1 Å². The van der Waals surface area contributed by atoms with Crippen molar-refractivity contribution < 1.29 is 80.9 Å². The summed E-state index contributed by atoms with van der Waals surface area (Å²) in [4.78, 5) is 47.3. The van der Waals surface area contributed by atoms with Gasteiger partial charge in [0.05, 0.1) is 13.2 Å². The van der Waals surface area contributed by atoms with E-state index in [0.29, 0.717) is 0 Å². The number of ether oxygens (including phenoxy) is 2. The topological polar surface area (TPSA) is 301 Å². The van der Waals surface area contributed by atoms with E-state index in [1.807, 2.05) is 0 Å². The van der Waals surface area contributed by atoms with Crippen molar-refractivity contribution in [2.75, 3.05) is 13.2 Å². The van der Waals surface area contributed by atoms with E-state index in [2.05, 4.69) is 13.4 Å². The lowest BCUT2D eigenvalue weighted by atomic mass is 10.1. The predicted molar refractivity (Wildman–Crippen MR) is 130 cm³/mol. The molecule has 0 spiro atoms. The average molecular weight is 650 g/mol. The van der Waals surface area contributed by atoms with E-state index >= 15 is 0 Å². The van der Waals surface area contributed by atoms with Crippen LogP contribution in [0.5, 0.6) is 0 Å². The van der Waals surface area contributed by atoms with Crippen molar-refractivity contribution in [3.63, 3.8) is 0 Å². The first-order valence-corrected chi connectivity index (χ1v) is 15.3. The molecule has 21 heteroatoms. The van der Waals surface area contributed by atoms with Gasteiger partial charge in [0.2, 0.25) is 0 Å². The number of pyridine rings is 2. The van der Waals surface area contributed by atoms with Gasteiger partial charge in [0.1, 0.15) is 35.5 Å². The van der Waals surface area contributed by atoms with Crippen LogP contribution in [0.25, 0.3) is 0 Å². The van der Waals surface area contributed by atoms with Gasteiger partial charge >= 0.3 is 0 Å². The molecule has 4 rings (SSSR count). The van der Waals surface area contributed by atoms with Crippen LogP contribution < -0.4 is 30.4 Å². The van der Waals surface area contributed by atoms with Gasteiger partial charge in [0.15, 0.2) is 37.0 Å². The third kappa shape index (κ3) is 7.86. The number of hydrogen-bond acceptors (Lipinski definition) is 15. The van der Waals surface area contributed by atoms with Gasteiger partial charge < -0.3 is 60.2 Å². The Balaban J connectivity index is 1.31. The van der Waals surface area contributed by atoms with Gasteiger partial charge in [-0.15, -0.1) is 0 Å². The Kier molecular flexibility index (Phi) is 10.1. The molecular formula is C22H28N4O15P2. The molecule has 0 aromatic carbocycles. The smallest absolute Gasteiger partial charge is 0.292 e. The predicted octanol–water partition coefficient (Wildman–Crippen LogP) is -4.62. The molecule has 19 nitrogen and oxygen atoms in total. The molecule has 2 fully saturated rings. The Morgan fingerprint density at radius 1 is 0.767 bits per heavy atom. The van der Waals surface area contributed by atoms with Gasteiger partial charge in [-0.25, -0.2) is 4.31 Å². The molecule has 2 aromatic rings. The van der Waals surface area contributed by atoms with Gasteiger partial charge in [-0.1, -0.05) is 0 Å². The number of phosphoric acid groups is 2. The van der Waals surface area contributed by atoms with Gasteiger partial charge in [-0.3, -0.25) is 18.7 Å². The van der Waals surface area contributed by atoms with E-state index in [-0.39, 0.29) is 11.1 Å². The summed E-state index contributed by atoms with van der Waals surface area (Å²) in [5.41, 5.74) is 10.5. The van der Waals surface area contributed by atoms with Crippen LogP contribution in [-0.4, -0.2) is 82.1 Å². The van der Waals surface area contributed by atoms with Crippen molar-refractivity contribution in [2.24, 2.45) is 11.5 Å². The van der Waals surface area contributed by atoms with Gasteiger partial charge in [-0.2, -0.15) is 9.13 Å². The third-order valence-corrected chi connectivity index (χ3v) is 9.00. The molecule has 0 aliphatic carbocycles. The zero-order valence-electron chi connectivity index (χ0n) is 21.9. The van der Waals surface area contributed by atoms with E-state index in [4.69, 9.17) is 20.9 Å². The second kappa shape index (κ2) is 13.1. The molecule has 2 amide bonds. The van der Waals surface area contributed by atoms with Crippen molar-refractivity contribution in [2.45, 2.75) is 49.1 Å². The Morgan fingerprint density at radius 3 is 1.49 bits per heavy atom.